The highest BCUT2D eigenvalue weighted by Gasteiger charge is 2.40. The Balaban J connectivity index is 1.85. The Morgan fingerprint density at radius 1 is 1.16 bits per heavy atom. The number of hydrogen-bond acceptors (Lipinski definition) is 7. The number of ether oxygens (including phenoxy) is 1. The van der Waals surface area contributed by atoms with E-state index in [1.807, 2.05) is 25.1 Å². The highest BCUT2D eigenvalue weighted by Crippen LogP contribution is 2.39. The fraction of sp³-hybridized carbons (Fsp3) is 0.385. The molecular formula is C26H30N4O7. The predicted molar refractivity (Wildman–Crippen MR) is 136 cm³/mol. The number of carbonyl (C=O) groups excluding carboxylic acids is 1. The molecule has 0 aliphatic carbocycles. The molecule has 3 aromatic rings. The molecule has 3 heterocycles. The molecule has 1 aromatic carbocycles. The lowest BCUT2D eigenvalue weighted by Gasteiger charge is -2.28. The number of nitrogens with zero attached hydrogens (tertiary/aromatic N) is 2. The molecule has 0 saturated carbocycles. The van der Waals surface area contributed by atoms with E-state index in [0.717, 1.165) is 22.0 Å². The minimum atomic E-state index is -2.13. The third-order valence-corrected chi connectivity index (χ3v) is 6.90. The van der Waals surface area contributed by atoms with Gasteiger partial charge in [-0.3, -0.25) is 9.59 Å². The lowest BCUT2D eigenvalue weighted by atomic mass is 9.86. The lowest BCUT2D eigenvalue weighted by molar-refractivity contribution is -0.141. The number of aliphatic hydroxyl groups excluding tert-OH is 1. The van der Waals surface area contributed by atoms with E-state index in [-0.39, 0.29) is 37.2 Å². The smallest absolute Gasteiger partial charge is 0.404 e. The summed E-state index contributed by atoms with van der Waals surface area (Å²) in [6, 6.07) is 7.12. The van der Waals surface area contributed by atoms with Gasteiger partial charge in [-0.2, -0.15) is 0 Å². The number of rotatable bonds is 9. The molecule has 5 N–H and O–H groups in total. The van der Waals surface area contributed by atoms with E-state index in [9.17, 15) is 24.6 Å². The summed E-state index contributed by atoms with van der Waals surface area (Å²) in [7, 11) is 1.59. The number of carbonyl (C=O) groups is 2. The molecule has 11 heteroatoms. The molecule has 0 radical (unpaired) electrons. The molecule has 2 aromatic heterocycles. The van der Waals surface area contributed by atoms with Crippen LogP contribution in [-0.2, 0) is 30.0 Å². The third kappa shape index (κ3) is 4.40. The van der Waals surface area contributed by atoms with Crippen molar-refractivity contribution in [3.05, 3.63) is 56.9 Å². The molecule has 1 atom stereocenters. The van der Waals surface area contributed by atoms with Crippen LogP contribution in [0.25, 0.3) is 22.3 Å². The maximum absolute atomic E-state index is 13.5. The second-order valence-electron chi connectivity index (χ2n) is 8.83. The standard InChI is InChI=1S/C26H30N4O7/c1-4-15-16-10-14(37-3)6-7-20(16)29-22-17(15)12-30-21(22)11-19(18(13-31)23(30)32)26(36,5-2)24(33)27-8-9-28-25(34)35/h6-7,10-11,28,31,36H,4-5,8-9,12-13H2,1-3H3,(H,27,33)(H,34,35). The first-order valence-electron chi connectivity index (χ1n) is 12.0. The van der Waals surface area contributed by atoms with Gasteiger partial charge in [0.05, 0.1) is 37.2 Å². The van der Waals surface area contributed by atoms with Crippen LogP contribution in [0.15, 0.2) is 29.1 Å². The van der Waals surface area contributed by atoms with Crippen LogP contribution in [0.4, 0.5) is 4.79 Å². The molecule has 196 valence electrons. The van der Waals surface area contributed by atoms with Crippen LogP contribution < -0.4 is 20.9 Å². The van der Waals surface area contributed by atoms with Crippen LogP contribution in [0.5, 0.6) is 5.75 Å². The first-order valence-corrected chi connectivity index (χ1v) is 12.0. The fourth-order valence-corrected chi connectivity index (χ4v) is 4.95. The van der Waals surface area contributed by atoms with Crippen molar-refractivity contribution < 1.29 is 29.6 Å². The minimum absolute atomic E-state index is 0.0000277. The van der Waals surface area contributed by atoms with Crippen LogP contribution in [-0.4, -0.2) is 57.1 Å². The summed E-state index contributed by atoms with van der Waals surface area (Å²) >= 11 is 0. The summed E-state index contributed by atoms with van der Waals surface area (Å²) in [6.45, 7) is 3.06. The summed E-state index contributed by atoms with van der Waals surface area (Å²) in [5, 5.41) is 35.9. The molecule has 37 heavy (non-hydrogen) atoms. The number of nitrogens with one attached hydrogen (secondary N) is 2. The number of benzene rings is 1. The van der Waals surface area contributed by atoms with Crippen molar-refractivity contribution in [1.29, 1.82) is 0 Å². The van der Waals surface area contributed by atoms with Crippen LogP contribution >= 0.6 is 0 Å². The maximum atomic E-state index is 13.5. The first-order chi connectivity index (χ1) is 17.7. The van der Waals surface area contributed by atoms with E-state index in [0.29, 0.717) is 23.6 Å². The largest absolute Gasteiger partial charge is 0.497 e. The number of aliphatic hydroxyl groups is 2. The molecule has 1 unspecified atom stereocenters. The van der Waals surface area contributed by atoms with Gasteiger partial charge in [0.2, 0.25) is 0 Å². The number of methoxy groups -OCH3 is 1. The van der Waals surface area contributed by atoms with E-state index < -0.39 is 29.8 Å². The van der Waals surface area contributed by atoms with Gasteiger partial charge in [-0.1, -0.05) is 13.8 Å². The zero-order chi connectivity index (χ0) is 26.9. The van der Waals surface area contributed by atoms with Gasteiger partial charge in [0, 0.05) is 35.2 Å². The van der Waals surface area contributed by atoms with Gasteiger partial charge in [-0.05, 0) is 42.7 Å². The Hall–Kier alpha value is -3.96. The average Bonchev–Trinajstić information content (AvgIpc) is 3.27. The SMILES string of the molecule is CCc1c2c(nc3ccc(OC)cc13)-c1cc(C(O)(CC)C(=O)NCCNC(=O)O)c(CO)c(=O)n1C2. The van der Waals surface area contributed by atoms with Crippen molar-refractivity contribution in [2.45, 2.75) is 45.4 Å². The van der Waals surface area contributed by atoms with Crippen molar-refractivity contribution >= 4 is 22.9 Å². The number of carboxylic acid groups (broad SMARTS) is 1. The van der Waals surface area contributed by atoms with Gasteiger partial charge < -0.3 is 35.3 Å². The Morgan fingerprint density at radius 2 is 1.89 bits per heavy atom. The lowest BCUT2D eigenvalue weighted by Crippen LogP contribution is -2.47. The third-order valence-electron chi connectivity index (χ3n) is 6.90. The Morgan fingerprint density at radius 3 is 2.51 bits per heavy atom. The van der Waals surface area contributed by atoms with Gasteiger partial charge in [0.1, 0.15) is 5.75 Å². The van der Waals surface area contributed by atoms with Gasteiger partial charge >= 0.3 is 6.09 Å². The summed E-state index contributed by atoms with van der Waals surface area (Å²) in [4.78, 5) is 42.1. The fourth-order valence-electron chi connectivity index (χ4n) is 4.95. The molecule has 2 amide bonds. The van der Waals surface area contributed by atoms with Crippen molar-refractivity contribution in [2.24, 2.45) is 0 Å². The van der Waals surface area contributed by atoms with Gasteiger partial charge in [0.15, 0.2) is 5.60 Å². The first kappa shape index (κ1) is 26.1. The Bertz CT molecular complexity index is 1450. The second-order valence-corrected chi connectivity index (χ2v) is 8.83. The highest BCUT2D eigenvalue weighted by molar-refractivity contribution is 5.90. The quantitative estimate of drug-likeness (QED) is 0.211. The summed E-state index contributed by atoms with van der Waals surface area (Å²) in [5.74, 6) is -0.105. The highest BCUT2D eigenvalue weighted by atomic mass is 16.5. The molecule has 1 aliphatic rings. The zero-order valence-corrected chi connectivity index (χ0v) is 20.9. The van der Waals surface area contributed by atoms with Crippen molar-refractivity contribution in [1.82, 2.24) is 20.2 Å². The van der Waals surface area contributed by atoms with Gasteiger partial charge in [0.25, 0.3) is 11.5 Å². The van der Waals surface area contributed by atoms with E-state index in [1.165, 1.54) is 4.57 Å². The molecule has 0 fully saturated rings. The molecular weight excluding hydrogens is 480 g/mol. The minimum Gasteiger partial charge on any atom is -0.497 e. The van der Waals surface area contributed by atoms with E-state index in [2.05, 4.69) is 10.6 Å². The molecule has 0 spiro atoms. The number of fused-ring (bicyclic) bond motifs is 4. The molecule has 1 aliphatic heterocycles. The molecule has 0 bridgehead atoms. The summed E-state index contributed by atoms with van der Waals surface area (Å²) in [6.07, 6.45) is -0.639. The van der Waals surface area contributed by atoms with Crippen molar-refractivity contribution in [3.8, 4) is 17.1 Å². The summed E-state index contributed by atoms with van der Waals surface area (Å²) in [5.41, 5.74) is 0.923. The molecule has 0 saturated heterocycles. The number of amides is 2. The zero-order valence-electron chi connectivity index (χ0n) is 20.9. The number of aryl methyl sites for hydroxylation is 1. The predicted octanol–water partition coefficient (Wildman–Crippen LogP) is 1.47. The van der Waals surface area contributed by atoms with Crippen molar-refractivity contribution in [3.63, 3.8) is 0 Å². The van der Waals surface area contributed by atoms with Crippen LogP contribution in [0.2, 0.25) is 0 Å². The van der Waals surface area contributed by atoms with E-state index in [4.69, 9.17) is 14.8 Å². The maximum Gasteiger partial charge on any atom is 0.404 e. The molecule has 4 rings (SSSR count). The second kappa shape index (κ2) is 10.2. The van der Waals surface area contributed by atoms with Crippen molar-refractivity contribution in [2.75, 3.05) is 20.2 Å². The summed E-state index contributed by atoms with van der Waals surface area (Å²) < 4.78 is 6.88. The van der Waals surface area contributed by atoms with E-state index in [1.54, 1.807) is 20.1 Å². The number of aromatic nitrogens is 2. The van der Waals surface area contributed by atoms with Gasteiger partial charge in [-0.25, -0.2) is 9.78 Å². The Labute approximate surface area is 212 Å². The number of pyridine rings is 2. The Kier molecular flexibility index (Phi) is 7.19. The average molecular weight is 511 g/mol. The van der Waals surface area contributed by atoms with Crippen LogP contribution in [0, 0.1) is 0 Å². The normalized spacial score (nSPS) is 13.5. The van der Waals surface area contributed by atoms with Gasteiger partial charge in [-0.15, -0.1) is 0 Å². The van der Waals surface area contributed by atoms with Crippen LogP contribution in [0.1, 0.15) is 42.5 Å². The number of hydrogen-bond donors (Lipinski definition) is 5. The monoisotopic (exact) mass is 510 g/mol. The van der Waals surface area contributed by atoms with Crippen LogP contribution in [0.3, 0.4) is 0 Å². The van der Waals surface area contributed by atoms with E-state index >= 15 is 0 Å². The topological polar surface area (TPSA) is 163 Å². The molecule has 11 nitrogen and oxygen atoms in total.